The summed E-state index contributed by atoms with van der Waals surface area (Å²) in [5.74, 6) is -1.01. The molecule has 1 heterocycles. The van der Waals surface area contributed by atoms with Gasteiger partial charge < -0.3 is 5.32 Å². The molecule has 1 N–H and O–H groups in total. The second-order valence-corrected chi connectivity index (χ2v) is 4.78. The highest BCUT2D eigenvalue weighted by Gasteiger charge is 2.12. The number of hydrogen-bond acceptors (Lipinski definition) is 2. The summed E-state index contributed by atoms with van der Waals surface area (Å²) in [5.41, 5.74) is 2.39. The largest absolute Gasteiger partial charge is 0.352 e. The molecule has 1 aromatic carbocycles. The number of rotatable bonds is 4. The van der Waals surface area contributed by atoms with Crippen molar-refractivity contribution < 1.29 is 9.18 Å². The lowest BCUT2D eigenvalue weighted by atomic mass is 10.1. The molecule has 5 heteroatoms. The first-order chi connectivity index (χ1) is 9.58. The van der Waals surface area contributed by atoms with E-state index in [4.69, 9.17) is 11.6 Å². The van der Waals surface area contributed by atoms with E-state index >= 15 is 0 Å². The van der Waals surface area contributed by atoms with E-state index in [-0.39, 0.29) is 10.7 Å². The molecule has 0 spiro atoms. The average molecular weight is 293 g/mol. The van der Waals surface area contributed by atoms with Gasteiger partial charge in [0.25, 0.3) is 5.91 Å². The van der Waals surface area contributed by atoms with Crippen LogP contribution in [0.5, 0.6) is 0 Å². The fourth-order valence-corrected chi connectivity index (χ4v) is 2.07. The van der Waals surface area contributed by atoms with Crippen LogP contribution in [0, 0.1) is 12.7 Å². The van der Waals surface area contributed by atoms with Gasteiger partial charge in [0, 0.05) is 6.54 Å². The van der Waals surface area contributed by atoms with Crippen molar-refractivity contribution in [1.29, 1.82) is 0 Å². The van der Waals surface area contributed by atoms with Gasteiger partial charge in [-0.05, 0) is 30.5 Å². The first kappa shape index (κ1) is 14.5. The van der Waals surface area contributed by atoms with Crippen LogP contribution in [0.4, 0.5) is 4.39 Å². The van der Waals surface area contributed by atoms with Crippen molar-refractivity contribution in [2.45, 2.75) is 13.3 Å². The zero-order valence-corrected chi connectivity index (χ0v) is 11.7. The molecule has 0 saturated heterocycles. The van der Waals surface area contributed by atoms with Crippen LogP contribution in [0.15, 0.2) is 36.5 Å². The molecule has 20 heavy (non-hydrogen) atoms. The molecule has 0 bridgehead atoms. The number of hydrogen-bond donors (Lipinski definition) is 1. The Kier molecular flexibility index (Phi) is 4.69. The molecule has 1 amide bonds. The summed E-state index contributed by atoms with van der Waals surface area (Å²) >= 11 is 5.77. The number of carbonyl (C=O) groups excluding carboxylic acids is 1. The maximum Gasteiger partial charge on any atom is 0.254 e. The van der Waals surface area contributed by atoms with Gasteiger partial charge in [-0.15, -0.1) is 0 Å². The predicted molar refractivity (Wildman–Crippen MR) is 76.4 cm³/mol. The van der Waals surface area contributed by atoms with E-state index in [0.29, 0.717) is 13.0 Å². The number of aryl methyl sites for hydroxylation is 1. The predicted octanol–water partition coefficient (Wildman–Crippen LogP) is 3.16. The third kappa shape index (κ3) is 3.54. The zero-order valence-electron chi connectivity index (χ0n) is 11.0. The fourth-order valence-electron chi connectivity index (χ4n) is 1.88. The number of carbonyl (C=O) groups is 1. The number of amides is 1. The topological polar surface area (TPSA) is 42.0 Å². The Morgan fingerprint density at radius 1 is 1.40 bits per heavy atom. The monoisotopic (exact) mass is 292 g/mol. The van der Waals surface area contributed by atoms with E-state index in [0.717, 1.165) is 17.8 Å². The van der Waals surface area contributed by atoms with Crippen molar-refractivity contribution in [3.05, 3.63) is 64.2 Å². The van der Waals surface area contributed by atoms with Crippen molar-refractivity contribution >= 4 is 17.5 Å². The highest BCUT2D eigenvalue weighted by molar-refractivity contribution is 6.32. The Hall–Kier alpha value is -1.94. The smallest absolute Gasteiger partial charge is 0.254 e. The molecule has 0 radical (unpaired) electrons. The van der Waals surface area contributed by atoms with Crippen molar-refractivity contribution in [3.63, 3.8) is 0 Å². The molecule has 1 aromatic heterocycles. The van der Waals surface area contributed by atoms with Crippen molar-refractivity contribution in [2.24, 2.45) is 0 Å². The molecule has 2 aromatic rings. The van der Waals surface area contributed by atoms with Crippen LogP contribution in [0.3, 0.4) is 0 Å². The Morgan fingerprint density at radius 2 is 2.15 bits per heavy atom. The van der Waals surface area contributed by atoms with E-state index in [1.165, 1.54) is 5.56 Å². The van der Waals surface area contributed by atoms with Crippen LogP contribution in [0.1, 0.15) is 21.5 Å². The summed E-state index contributed by atoms with van der Waals surface area (Å²) in [7, 11) is 0. The van der Waals surface area contributed by atoms with Crippen LogP contribution in [0.25, 0.3) is 0 Å². The summed E-state index contributed by atoms with van der Waals surface area (Å²) in [6, 6.07) is 9.04. The summed E-state index contributed by atoms with van der Waals surface area (Å²) in [5, 5.41) is 2.71. The molecule has 0 aliphatic carbocycles. The van der Waals surface area contributed by atoms with Crippen LogP contribution in [-0.4, -0.2) is 17.4 Å². The molecule has 0 saturated carbocycles. The number of nitrogens with one attached hydrogen (secondary N) is 1. The molecule has 104 valence electrons. The van der Waals surface area contributed by atoms with E-state index < -0.39 is 11.7 Å². The number of halogens is 2. The van der Waals surface area contributed by atoms with Gasteiger partial charge in [-0.1, -0.05) is 35.9 Å². The minimum atomic E-state index is -0.585. The molecule has 0 aliphatic heterocycles. The quantitative estimate of drug-likeness (QED) is 0.880. The van der Waals surface area contributed by atoms with Crippen LogP contribution < -0.4 is 5.32 Å². The lowest BCUT2D eigenvalue weighted by Gasteiger charge is -2.08. The van der Waals surface area contributed by atoms with Gasteiger partial charge in [-0.25, -0.2) is 9.37 Å². The number of aromatic nitrogens is 1. The second kappa shape index (κ2) is 6.48. The highest BCUT2D eigenvalue weighted by Crippen LogP contribution is 2.13. The van der Waals surface area contributed by atoms with Gasteiger partial charge in [-0.3, -0.25) is 4.79 Å². The Balaban J connectivity index is 1.96. The van der Waals surface area contributed by atoms with E-state index in [1.807, 2.05) is 31.2 Å². The first-order valence-electron chi connectivity index (χ1n) is 6.21. The Labute approximate surface area is 121 Å². The van der Waals surface area contributed by atoms with Gasteiger partial charge in [0.2, 0.25) is 0 Å². The van der Waals surface area contributed by atoms with Crippen LogP contribution >= 0.6 is 11.6 Å². The van der Waals surface area contributed by atoms with Crippen molar-refractivity contribution in [2.75, 3.05) is 6.54 Å². The minimum absolute atomic E-state index is 0.000193. The molecule has 3 nitrogen and oxygen atoms in total. The minimum Gasteiger partial charge on any atom is -0.352 e. The first-order valence-corrected chi connectivity index (χ1v) is 6.59. The Morgan fingerprint density at radius 3 is 2.90 bits per heavy atom. The fraction of sp³-hybridized carbons (Fsp3) is 0.200. The number of pyridine rings is 1. The van der Waals surface area contributed by atoms with Gasteiger partial charge >= 0.3 is 0 Å². The van der Waals surface area contributed by atoms with E-state index in [1.54, 1.807) is 0 Å². The number of nitrogens with zero attached hydrogens (tertiary/aromatic N) is 1. The van der Waals surface area contributed by atoms with Gasteiger partial charge in [-0.2, -0.15) is 0 Å². The maximum absolute atomic E-state index is 13.0. The standard InChI is InChI=1S/C15H14ClFN2O/c1-10-4-2-3-5-11(10)6-7-18-15(20)13-8-12(17)9-19-14(13)16/h2-5,8-9H,6-7H2,1H3,(H,18,20). The normalized spacial score (nSPS) is 10.3. The number of benzene rings is 1. The van der Waals surface area contributed by atoms with Gasteiger partial charge in [0.15, 0.2) is 0 Å². The lowest BCUT2D eigenvalue weighted by Crippen LogP contribution is -2.26. The summed E-state index contributed by atoms with van der Waals surface area (Å²) < 4.78 is 13.0. The molecular weight excluding hydrogens is 279 g/mol. The van der Waals surface area contributed by atoms with E-state index in [9.17, 15) is 9.18 Å². The zero-order chi connectivity index (χ0) is 14.5. The molecule has 0 atom stereocenters. The highest BCUT2D eigenvalue weighted by atomic mass is 35.5. The molecule has 0 fully saturated rings. The third-order valence-electron chi connectivity index (χ3n) is 2.99. The van der Waals surface area contributed by atoms with Crippen molar-refractivity contribution in [3.8, 4) is 0 Å². The average Bonchev–Trinajstić information content (AvgIpc) is 2.43. The van der Waals surface area contributed by atoms with Gasteiger partial charge in [0.05, 0.1) is 11.8 Å². The van der Waals surface area contributed by atoms with Crippen molar-refractivity contribution in [1.82, 2.24) is 10.3 Å². The summed E-state index contributed by atoms with van der Waals surface area (Å²) in [6.07, 6.45) is 1.69. The SMILES string of the molecule is Cc1ccccc1CCNC(=O)c1cc(F)cnc1Cl. The molecular formula is C15H14ClFN2O. The molecule has 2 rings (SSSR count). The summed E-state index contributed by atoms with van der Waals surface area (Å²) in [4.78, 5) is 15.5. The van der Waals surface area contributed by atoms with E-state index in [2.05, 4.69) is 10.3 Å². The second-order valence-electron chi connectivity index (χ2n) is 4.42. The third-order valence-corrected chi connectivity index (χ3v) is 3.29. The molecule has 0 unspecified atom stereocenters. The van der Waals surface area contributed by atoms with Gasteiger partial charge in [0.1, 0.15) is 11.0 Å². The van der Waals surface area contributed by atoms with Crippen LogP contribution in [0.2, 0.25) is 5.15 Å². The molecule has 0 aliphatic rings. The Bertz CT molecular complexity index is 631. The van der Waals surface area contributed by atoms with Crippen LogP contribution in [-0.2, 0) is 6.42 Å². The summed E-state index contributed by atoms with van der Waals surface area (Å²) in [6.45, 7) is 2.47. The maximum atomic E-state index is 13.0. The lowest BCUT2D eigenvalue weighted by molar-refractivity contribution is 0.0953.